The zero-order valence-electron chi connectivity index (χ0n) is 11.3. The van der Waals surface area contributed by atoms with Crippen molar-refractivity contribution in [2.45, 2.75) is 33.6 Å². The number of hydrogen-bond acceptors (Lipinski definition) is 2. The summed E-state index contributed by atoms with van der Waals surface area (Å²) >= 11 is 0. The van der Waals surface area contributed by atoms with E-state index < -0.39 is 11.4 Å². The van der Waals surface area contributed by atoms with E-state index in [9.17, 15) is 9.59 Å². The van der Waals surface area contributed by atoms with Gasteiger partial charge in [0.2, 0.25) is 0 Å². The van der Waals surface area contributed by atoms with Crippen molar-refractivity contribution >= 4 is 12.0 Å². The van der Waals surface area contributed by atoms with Crippen LogP contribution in [0.5, 0.6) is 0 Å². The quantitative estimate of drug-likeness (QED) is 0.802. The monoisotopic (exact) mass is 254 g/mol. The highest BCUT2D eigenvalue weighted by Gasteiger charge is 2.46. The molecule has 2 unspecified atom stereocenters. The Balaban J connectivity index is 1.79. The highest BCUT2D eigenvalue weighted by atomic mass is 16.4. The molecule has 5 heteroatoms. The van der Waals surface area contributed by atoms with E-state index in [1.54, 1.807) is 11.8 Å². The topological polar surface area (TPSA) is 69.6 Å². The second kappa shape index (κ2) is 4.14. The zero-order valence-corrected chi connectivity index (χ0v) is 11.3. The summed E-state index contributed by atoms with van der Waals surface area (Å²) in [7, 11) is 0. The molecule has 102 valence electrons. The first-order valence-electron chi connectivity index (χ1n) is 6.51. The summed E-state index contributed by atoms with van der Waals surface area (Å²) in [6.07, 6.45) is 1.69. The van der Waals surface area contributed by atoms with E-state index in [-0.39, 0.29) is 6.03 Å². The molecule has 1 saturated carbocycles. The van der Waals surface area contributed by atoms with Gasteiger partial charge in [-0.1, -0.05) is 13.8 Å². The Morgan fingerprint density at radius 1 is 1.39 bits per heavy atom. The maximum Gasteiger partial charge on any atom is 0.317 e. The molecule has 2 atom stereocenters. The van der Waals surface area contributed by atoms with E-state index in [4.69, 9.17) is 5.11 Å². The number of carbonyl (C=O) groups excluding carboxylic acids is 1. The van der Waals surface area contributed by atoms with Crippen molar-refractivity contribution in [1.29, 1.82) is 0 Å². The fourth-order valence-electron chi connectivity index (χ4n) is 2.56. The Bertz CT molecular complexity index is 380. The van der Waals surface area contributed by atoms with Gasteiger partial charge in [0.05, 0.1) is 5.41 Å². The third kappa shape index (κ3) is 2.44. The van der Waals surface area contributed by atoms with Gasteiger partial charge < -0.3 is 15.3 Å². The molecule has 0 spiro atoms. The molecule has 2 rings (SSSR count). The maximum atomic E-state index is 11.9. The minimum absolute atomic E-state index is 0.123. The standard InChI is InChI=1S/C13H22N2O3/c1-12(2)6-9(12)7-14-11(18)15-5-4-13(3,8-15)10(16)17/h9H,4-8H2,1-3H3,(H,14,18)(H,16,17). The van der Waals surface area contributed by atoms with Crippen molar-refractivity contribution in [3.8, 4) is 0 Å². The number of nitrogens with zero attached hydrogens (tertiary/aromatic N) is 1. The Morgan fingerprint density at radius 2 is 2.00 bits per heavy atom. The maximum absolute atomic E-state index is 11.9. The number of carboxylic acid groups (broad SMARTS) is 1. The Morgan fingerprint density at radius 3 is 2.44 bits per heavy atom. The smallest absolute Gasteiger partial charge is 0.317 e. The minimum atomic E-state index is -0.818. The van der Waals surface area contributed by atoms with Crippen LogP contribution in [0.4, 0.5) is 4.79 Å². The molecular formula is C13H22N2O3. The van der Waals surface area contributed by atoms with Gasteiger partial charge in [0.25, 0.3) is 0 Å². The number of amides is 2. The highest BCUT2D eigenvalue weighted by Crippen LogP contribution is 2.51. The van der Waals surface area contributed by atoms with E-state index in [1.165, 1.54) is 0 Å². The molecule has 0 aromatic heterocycles. The van der Waals surface area contributed by atoms with Crippen LogP contribution >= 0.6 is 0 Å². The van der Waals surface area contributed by atoms with Gasteiger partial charge in [0.1, 0.15) is 0 Å². The van der Waals surface area contributed by atoms with Gasteiger partial charge >= 0.3 is 12.0 Å². The van der Waals surface area contributed by atoms with Crippen molar-refractivity contribution in [3.05, 3.63) is 0 Å². The van der Waals surface area contributed by atoms with Crippen LogP contribution in [0.25, 0.3) is 0 Å². The molecule has 2 amide bonds. The summed E-state index contributed by atoms with van der Waals surface area (Å²) in [5, 5.41) is 12.0. The molecule has 0 aromatic rings. The van der Waals surface area contributed by atoms with Crippen molar-refractivity contribution in [2.24, 2.45) is 16.7 Å². The van der Waals surface area contributed by atoms with E-state index in [0.29, 0.717) is 37.4 Å². The largest absolute Gasteiger partial charge is 0.481 e. The van der Waals surface area contributed by atoms with Crippen molar-refractivity contribution < 1.29 is 14.7 Å². The third-order valence-electron chi connectivity index (χ3n) is 4.49. The van der Waals surface area contributed by atoms with Gasteiger partial charge in [-0.15, -0.1) is 0 Å². The average molecular weight is 254 g/mol. The van der Waals surface area contributed by atoms with Crippen LogP contribution in [-0.4, -0.2) is 41.6 Å². The Hall–Kier alpha value is -1.26. The minimum Gasteiger partial charge on any atom is -0.481 e. The molecule has 0 aromatic carbocycles. The number of aliphatic carboxylic acids is 1. The summed E-state index contributed by atoms with van der Waals surface area (Å²) in [5.74, 6) is -0.254. The molecular weight excluding hydrogens is 232 g/mol. The summed E-state index contributed by atoms with van der Waals surface area (Å²) < 4.78 is 0. The summed E-state index contributed by atoms with van der Waals surface area (Å²) in [4.78, 5) is 24.6. The van der Waals surface area contributed by atoms with Crippen LogP contribution in [0.2, 0.25) is 0 Å². The van der Waals surface area contributed by atoms with Crippen molar-refractivity contribution in [3.63, 3.8) is 0 Å². The predicted octanol–water partition coefficient (Wildman–Crippen LogP) is 1.54. The molecule has 0 bridgehead atoms. The van der Waals surface area contributed by atoms with E-state index in [0.717, 1.165) is 6.42 Å². The fraction of sp³-hybridized carbons (Fsp3) is 0.846. The number of hydrogen-bond donors (Lipinski definition) is 2. The van der Waals surface area contributed by atoms with Crippen LogP contribution in [0.15, 0.2) is 0 Å². The average Bonchev–Trinajstić information content (AvgIpc) is 2.71. The van der Waals surface area contributed by atoms with Gasteiger partial charge in [-0.2, -0.15) is 0 Å². The van der Waals surface area contributed by atoms with E-state index >= 15 is 0 Å². The molecule has 2 N–H and O–H groups in total. The first-order chi connectivity index (χ1) is 8.24. The first kappa shape index (κ1) is 13.2. The number of carbonyl (C=O) groups is 2. The number of likely N-dealkylation sites (tertiary alicyclic amines) is 1. The van der Waals surface area contributed by atoms with Crippen molar-refractivity contribution in [2.75, 3.05) is 19.6 Å². The van der Waals surface area contributed by atoms with Crippen LogP contribution in [-0.2, 0) is 4.79 Å². The lowest BCUT2D eigenvalue weighted by Crippen LogP contribution is -2.41. The molecule has 2 fully saturated rings. The SMILES string of the molecule is CC1(C(=O)O)CCN(C(=O)NCC2CC2(C)C)C1. The molecule has 1 heterocycles. The molecule has 0 radical (unpaired) electrons. The highest BCUT2D eigenvalue weighted by molar-refractivity contribution is 5.79. The van der Waals surface area contributed by atoms with Gasteiger partial charge in [-0.25, -0.2) is 4.79 Å². The molecule has 5 nitrogen and oxygen atoms in total. The predicted molar refractivity (Wildman–Crippen MR) is 67.2 cm³/mol. The van der Waals surface area contributed by atoms with Crippen LogP contribution < -0.4 is 5.32 Å². The molecule has 2 aliphatic rings. The second-order valence-corrected chi connectivity index (χ2v) is 6.61. The third-order valence-corrected chi connectivity index (χ3v) is 4.49. The fourth-order valence-corrected chi connectivity index (χ4v) is 2.56. The Kier molecular flexibility index (Phi) is 3.03. The number of rotatable bonds is 3. The van der Waals surface area contributed by atoms with Gasteiger partial charge in [0.15, 0.2) is 0 Å². The molecule has 1 aliphatic heterocycles. The molecule has 1 saturated heterocycles. The molecule has 18 heavy (non-hydrogen) atoms. The number of nitrogens with one attached hydrogen (secondary N) is 1. The zero-order chi connectivity index (χ0) is 13.6. The lowest BCUT2D eigenvalue weighted by Gasteiger charge is -2.20. The lowest BCUT2D eigenvalue weighted by atomic mass is 9.90. The van der Waals surface area contributed by atoms with Crippen LogP contribution in [0.1, 0.15) is 33.6 Å². The Labute approximate surface area is 108 Å². The van der Waals surface area contributed by atoms with E-state index in [2.05, 4.69) is 19.2 Å². The lowest BCUT2D eigenvalue weighted by molar-refractivity contribution is -0.146. The first-order valence-corrected chi connectivity index (χ1v) is 6.51. The van der Waals surface area contributed by atoms with Gasteiger partial charge in [-0.3, -0.25) is 4.79 Å². The summed E-state index contributed by atoms with van der Waals surface area (Å²) in [6, 6.07) is -0.123. The van der Waals surface area contributed by atoms with Gasteiger partial charge in [0, 0.05) is 19.6 Å². The number of urea groups is 1. The van der Waals surface area contributed by atoms with Crippen molar-refractivity contribution in [1.82, 2.24) is 10.2 Å². The summed E-state index contributed by atoms with van der Waals surface area (Å²) in [5.41, 5.74) is -0.427. The number of carboxylic acids is 1. The van der Waals surface area contributed by atoms with Crippen LogP contribution in [0, 0.1) is 16.7 Å². The normalized spacial score (nSPS) is 33.3. The molecule has 1 aliphatic carbocycles. The second-order valence-electron chi connectivity index (χ2n) is 6.61. The summed E-state index contributed by atoms with van der Waals surface area (Å²) in [6.45, 7) is 7.63. The van der Waals surface area contributed by atoms with Gasteiger partial charge in [-0.05, 0) is 31.1 Å². The van der Waals surface area contributed by atoms with Crippen LogP contribution in [0.3, 0.4) is 0 Å². The van der Waals surface area contributed by atoms with E-state index in [1.807, 2.05) is 0 Å².